The highest BCUT2D eigenvalue weighted by Gasteiger charge is 2.25. The van der Waals surface area contributed by atoms with Crippen LogP contribution in [0.25, 0.3) is 114 Å². The third-order valence-corrected chi connectivity index (χ3v) is 12.6. The quantitative estimate of drug-likeness (QED) is 0.164. The largest absolute Gasteiger partial charge is 0.308 e. The topological polar surface area (TPSA) is 43.6 Å². The zero-order chi connectivity index (χ0) is 38.2. The van der Waals surface area contributed by atoms with Crippen LogP contribution in [0.3, 0.4) is 0 Å². The number of fused-ring (bicyclic) bond motifs is 12. The second-order valence-corrected chi connectivity index (χ2v) is 15.8. The van der Waals surface area contributed by atoms with Gasteiger partial charge in [-0.25, -0.2) is 9.97 Å². The molecule has 0 unspecified atom stereocenters. The van der Waals surface area contributed by atoms with E-state index in [0.29, 0.717) is 5.82 Å². The number of hydrogen-bond acceptors (Lipinski definition) is 4. The van der Waals surface area contributed by atoms with Crippen molar-refractivity contribution in [3.8, 4) is 50.8 Å². The molecule has 0 aliphatic rings. The maximum Gasteiger partial charge on any atom is 0.160 e. The lowest BCUT2D eigenvalue weighted by molar-refractivity contribution is 1.17. The van der Waals surface area contributed by atoms with Crippen molar-refractivity contribution < 1.29 is 0 Å². The lowest BCUT2D eigenvalue weighted by Crippen LogP contribution is -1.98. The Balaban J connectivity index is 1.18. The summed E-state index contributed by atoms with van der Waals surface area (Å²) in [6.07, 6.45) is 1.90. The van der Waals surface area contributed by atoms with Gasteiger partial charge in [0.05, 0.1) is 28.1 Å². The Hall–Kier alpha value is -7.47. The molecular formula is C53H32N4S. The summed E-state index contributed by atoms with van der Waals surface area (Å²) >= 11 is 1.85. The summed E-state index contributed by atoms with van der Waals surface area (Å²) in [7, 11) is 0. The van der Waals surface area contributed by atoms with Crippen LogP contribution in [0.4, 0.5) is 0 Å². The summed E-state index contributed by atoms with van der Waals surface area (Å²) in [5, 5.41) is 9.90. The van der Waals surface area contributed by atoms with Gasteiger partial charge in [-0.1, -0.05) is 133 Å². The Morgan fingerprint density at radius 3 is 1.64 bits per heavy atom. The fourth-order valence-electron chi connectivity index (χ4n) is 8.87. The third-order valence-electron chi connectivity index (χ3n) is 11.4. The van der Waals surface area contributed by atoms with Crippen molar-refractivity contribution in [2.45, 2.75) is 0 Å². The molecule has 5 heteroatoms. The zero-order valence-corrected chi connectivity index (χ0v) is 32.0. The van der Waals surface area contributed by atoms with Crippen molar-refractivity contribution in [3.05, 3.63) is 194 Å². The molecule has 4 heterocycles. The van der Waals surface area contributed by atoms with E-state index in [9.17, 15) is 0 Å². The molecule has 12 aromatic rings. The van der Waals surface area contributed by atoms with Crippen molar-refractivity contribution in [2.24, 2.45) is 0 Å². The number of pyridine rings is 1. The standard InChI is InChI=1S/C53H32N4S/c1-3-15-33(16-4-1)45-32-46(34-17-5-2-6-18-34)56-53(55-45)35-26-28-36(29-27-35)57-50-40-22-10-8-20-38(40)37-19-7-9-21-39(37)48(50)43-31-42(44-24-13-14-30-54-44)52-49(51(43)57)41-23-11-12-25-47(41)58-52/h1-32H. The molecule has 0 atom stereocenters. The summed E-state index contributed by atoms with van der Waals surface area (Å²) in [6, 6.07) is 66.8. The second kappa shape index (κ2) is 13.1. The number of nitrogens with zero attached hydrogens (tertiary/aromatic N) is 4. The van der Waals surface area contributed by atoms with Gasteiger partial charge >= 0.3 is 0 Å². The lowest BCUT2D eigenvalue weighted by atomic mass is 9.95. The summed E-state index contributed by atoms with van der Waals surface area (Å²) in [5.41, 5.74) is 10.5. The van der Waals surface area contributed by atoms with E-state index in [4.69, 9.17) is 15.0 Å². The van der Waals surface area contributed by atoms with Gasteiger partial charge in [-0.15, -0.1) is 11.3 Å². The van der Waals surface area contributed by atoms with Gasteiger partial charge in [0.25, 0.3) is 0 Å². The summed E-state index contributed by atoms with van der Waals surface area (Å²) < 4.78 is 5.01. The summed E-state index contributed by atoms with van der Waals surface area (Å²) in [5.74, 6) is 0.691. The van der Waals surface area contributed by atoms with Crippen molar-refractivity contribution in [3.63, 3.8) is 0 Å². The van der Waals surface area contributed by atoms with Crippen molar-refractivity contribution >= 4 is 74.9 Å². The molecule has 8 aromatic carbocycles. The van der Waals surface area contributed by atoms with Gasteiger partial charge in [-0.3, -0.25) is 4.98 Å². The third kappa shape index (κ3) is 5.04. The number of rotatable bonds is 5. The van der Waals surface area contributed by atoms with Gasteiger partial charge in [0.15, 0.2) is 5.82 Å². The average Bonchev–Trinajstić information content (AvgIpc) is 3.86. The maximum atomic E-state index is 5.15. The molecule has 0 saturated heterocycles. The van der Waals surface area contributed by atoms with Crippen molar-refractivity contribution in [2.75, 3.05) is 0 Å². The average molecular weight is 757 g/mol. The van der Waals surface area contributed by atoms with Crippen LogP contribution in [0.1, 0.15) is 0 Å². The van der Waals surface area contributed by atoms with Crippen LogP contribution in [0.2, 0.25) is 0 Å². The smallest absolute Gasteiger partial charge is 0.160 e. The lowest BCUT2D eigenvalue weighted by Gasteiger charge is -2.14. The van der Waals surface area contributed by atoms with Crippen LogP contribution in [-0.2, 0) is 0 Å². The molecule has 0 amide bonds. The SMILES string of the molecule is c1ccc(-c2cc(-c3ccccc3)nc(-c3ccc(-n4c5c(cc(-c6ccccn6)c6sc7ccccc7c65)c5c6ccccc6c6ccccc6c54)cc3)n2)cc1. The predicted octanol–water partition coefficient (Wildman–Crippen LogP) is 14.3. The Kier molecular flexibility index (Phi) is 7.37. The second-order valence-electron chi connectivity index (χ2n) is 14.7. The molecule has 0 fully saturated rings. The molecule has 270 valence electrons. The van der Waals surface area contributed by atoms with Crippen molar-refractivity contribution in [1.29, 1.82) is 0 Å². The molecular weight excluding hydrogens is 725 g/mol. The molecule has 0 radical (unpaired) electrons. The van der Waals surface area contributed by atoms with Gasteiger partial charge in [0, 0.05) is 70.5 Å². The molecule has 0 aliphatic carbocycles. The molecule has 0 spiro atoms. The Morgan fingerprint density at radius 2 is 0.966 bits per heavy atom. The predicted molar refractivity (Wildman–Crippen MR) is 244 cm³/mol. The fraction of sp³-hybridized carbons (Fsp3) is 0. The Morgan fingerprint density at radius 1 is 0.397 bits per heavy atom. The zero-order valence-electron chi connectivity index (χ0n) is 31.2. The first kappa shape index (κ1) is 32.7. The van der Waals surface area contributed by atoms with Crippen LogP contribution >= 0.6 is 11.3 Å². The van der Waals surface area contributed by atoms with Crippen LogP contribution in [0, 0.1) is 0 Å². The summed E-state index contributed by atoms with van der Waals surface area (Å²) in [4.78, 5) is 15.2. The number of thiophene rings is 1. The highest BCUT2D eigenvalue weighted by atomic mass is 32.1. The minimum absolute atomic E-state index is 0.691. The molecule has 4 aromatic heterocycles. The minimum Gasteiger partial charge on any atom is -0.308 e. The minimum atomic E-state index is 0.691. The summed E-state index contributed by atoms with van der Waals surface area (Å²) in [6.45, 7) is 0. The molecule has 12 rings (SSSR count). The molecule has 0 aliphatic heterocycles. The molecule has 0 bridgehead atoms. The van der Waals surface area contributed by atoms with E-state index in [1.54, 1.807) is 0 Å². The van der Waals surface area contributed by atoms with E-state index >= 15 is 0 Å². The van der Waals surface area contributed by atoms with E-state index in [0.717, 1.165) is 45.0 Å². The number of aromatic nitrogens is 4. The van der Waals surface area contributed by atoms with Crippen LogP contribution in [0.5, 0.6) is 0 Å². The molecule has 58 heavy (non-hydrogen) atoms. The normalized spacial score (nSPS) is 11.8. The fourth-order valence-corrected chi connectivity index (χ4v) is 10.1. The van der Waals surface area contributed by atoms with E-state index in [2.05, 4.69) is 174 Å². The van der Waals surface area contributed by atoms with E-state index in [-0.39, 0.29) is 0 Å². The highest BCUT2D eigenvalue weighted by molar-refractivity contribution is 7.26. The van der Waals surface area contributed by atoms with E-state index in [1.807, 2.05) is 35.7 Å². The van der Waals surface area contributed by atoms with Gasteiger partial charge in [-0.05, 0) is 70.8 Å². The molecule has 0 saturated carbocycles. The highest BCUT2D eigenvalue weighted by Crippen LogP contribution is 2.50. The van der Waals surface area contributed by atoms with E-state index < -0.39 is 0 Å². The Bertz CT molecular complexity index is 3480. The number of benzene rings is 8. The van der Waals surface area contributed by atoms with Crippen LogP contribution in [0.15, 0.2) is 194 Å². The molecule has 0 N–H and O–H groups in total. The van der Waals surface area contributed by atoms with Gasteiger partial charge in [0.2, 0.25) is 0 Å². The van der Waals surface area contributed by atoms with Gasteiger partial charge in [-0.2, -0.15) is 0 Å². The first-order valence-electron chi connectivity index (χ1n) is 19.5. The van der Waals surface area contributed by atoms with E-state index in [1.165, 1.54) is 63.5 Å². The van der Waals surface area contributed by atoms with Crippen molar-refractivity contribution in [1.82, 2.24) is 19.5 Å². The first-order chi connectivity index (χ1) is 28.8. The Labute approximate surface area is 338 Å². The monoisotopic (exact) mass is 756 g/mol. The van der Waals surface area contributed by atoms with Gasteiger partial charge in [0.1, 0.15) is 0 Å². The maximum absolute atomic E-state index is 5.15. The van der Waals surface area contributed by atoms with Crippen LogP contribution < -0.4 is 0 Å². The molecule has 4 nitrogen and oxygen atoms in total. The van der Waals surface area contributed by atoms with Gasteiger partial charge < -0.3 is 4.57 Å². The van der Waals surface area contributed by atoms with Crippen LogP contribution in [-0.4, -0.2) is 19.5 Å². The first-order valence-corrected chi connectivity index (χ1v) is 20.3. The number of hydrogen-bond donors (Lipinski definition) is 0.